The summed E-state index contributed by atoms with van der Waals surface area (Å²) in [6.07, 6.45) is -4.82. The summed E-state index contributed by atoms with van der Waals surface area (Å²) in [7, 11) is 2.98. The molecule has 0 heterocycles. The minimum absolute atomic E-state index is 0.131. The smallest absolute Gasteiger partial charge is 0.493 e. The van der Waals surface area contributed by atoms with Gasteiger partial charge >= 0.3 is 12.4 Å². The number of carbonyl (C=O) groups excluding carboxylic acids is 1. The Bertz CT molecular complexity index is 834. The van der Waals surface area contributed by atoms with E-state index in [9.17, 15) is 18.0 Å². The molecule has 2 aromatic carbocycles. The number of urea groups is 1. The largest absolute Gasteiger partial charge is 0.573 e. The Hall–Kier alpha value is -3.30. The number of halogens is 3. The quantitative estimate of drug-likeness (QED) is 0.631. The van der Waals surface area contributed by atoms with Crippen LogP contribution in [0, 0.1) is 0 Å². The number of alkyl halides is 3. The van der Waals surface area contributed by atoms with E-state index < -0.39 is 12.4 Å². The summed E-state index contributed by atoms with van der Waals surface area (Å²) >= 11 is 0. The van der Waals surface area contributed by atoms with E-state index in [1.54, 1.807) is 18.2 Å². The van der Waals surface area contributed by atoms with Gasteiger partial charge in [-0.3, -0.25) is 0 Å². The van der Waals surface area contributed by atoms with Crippen molar-refractivity contribution in [3.63, 3.8) is 0 Å². The van der Waals surface area contributed by atoms with Crippen LogP contribution in [-0.4, -0.2) is 33.2 Å². The van der Waals surface area contributed by atoms with E-state index in [4.69, 9.17) is 14.2 Å². The van der Waals surface area contributed by atoms with Crippen LogP contribution < -0.4 is 29.6 Å². The predicted octanol–water partition coefficient (Wildman–Crippen LogP) is 4.00. The third-order valence-electron chi connectivity index (χ3n) is 3.90. The van der Waals surface area contributed by atoms with Gasteiger partial charge in [0.1, 0.15) is 5.75 Å². The fourth-order valence-corrected chi connectivity index (χ4v) is 2.62. The van der Waals surface area contributed by atoms with Gasteiger partial charge in [0, 0.05) is 18.7 Å². The van der Waals surface area contributed by atoms with Gasteiger partial charge < -0.3 is 29.6 Å². The molecular weight excluding hydrogens is 405 g/mol. The average molecular weight is 428 g/mol. The summed E-state index contributed by atoms with van der Waals surface area (Å²) in [6.45, 7) is 2.24. The van der Waals surface area contributed by atoms with Gasteiger partial charge in [0.2, 0.25) is 5.75 Å². The molecular formula is C20H23F3N2O5. The Kier molecular flexibility index (Phi) is 8.02. The number of methoxy groups -OCH3 is 2. The third-order valence-corrected chi connectivity index (χ3v) is 3.90. The number of hydrogen-bond donors (Lipinski definition) is 2. The van der Waals surface area contributed by atoms with Gasteiger partial charge in [-0.1, -0.05) is 18.2 Å². The topological polar surface area (TPSA) is 78.1 Å². The summed E-state index contributed by atoms with van der Waals surface area (Å²) in [5, 5.41) is 5.13. The van der Waals surface area contributed by atoms with Gasteiger partial charge in [-0.15, -0.1) is 13.2 Å². The molecule has 0 atom stereocenters. The fourth-order valence-electron chi connectivity index (χ4n) is 2.62. The molecule has 0 aliphatic carbocycles. The van der Waals surface area contributed by atoms with Crippen molar-refractivity contribution in [3.8, 4) is 23.0 Å². The normalized spacial score (nSPS) is 10.9. The number of rotatable bonds is 9. The Morgan fingerprint density at radius 3 is 2.13 bits per heavy atom. The summed E-state index contributed by atoms with van der Waals surface area (Å²) in [5.74, 6) is 0.988. The predicted molar refractivity (Wildman–Crippen MR) is 103 cm³/mol. The lowest BCUT2D eigenvalue weighted by molar-refractivity contribution is -0.274. The summed E-state index contributed by atoms with van der Waals surface area (Å²) < 4.78 is 57.5. The first-order valence-electron chi connectivity index (χ1n) is 9.00. The average Bonchev–Trinajstić information content (AvgIpc) is 2.71. The Morgan fingerprint density at radius 2 is 1.57 bits per heavy atom. The monoisotopic (exact) mass is 428 g/mol. The number of carbonyl (C=O) groups is 1. The van der Waals surface area contributed by atoms with Gasteiger partial charge in [-0.05, 0) is 30.7 Å². The van der Waals surface area contributed by atoms with Crippen molar-refractivity contribution in [1.82, 2.24) is 10.6 Å². The van der Waals surface area contributed by atoms with Crippen molar-refractivity contribution in [2.45, 2.75) is 26.4 Å². The van der Waals surface area contributed by atoms with E-state index in [0.717, 1.165) is 0 Å². The van der Waals surface area contributed by atoms with Crippen molar-refractivity contribution in [2.24, 2.45) is 0 Å². The number of hydrogen-bond acceptors (Lipinski definition) is 5. The number of nitrogens with one attached hydrogen (secondary N) is 2. The SMILES string of the molecule is CCOc1c(OC)cc(CNC(=O)NCc2ccccc2OC(F)(F)F)cc1OC. The lowest BCUT2D eigenvalue weighted by Gasteiger charge is -2.16. The number of para-hydroxylation sites is 1. The van der Waals surface area contributed by atoms with E-state index in [-0.39, 0.29) is 24.4 Å². The van der Waals surface area contributed by atoms with E-state index in [2.05, 4.69) is 15.4 Å². The minimum atomic E-state index is -4.82. The highest BCUT2D eigenvalue weighted by atomic mass is 19.4. The van der Waals surface area contributed by atoms with Crippen molar-refractivity contribution < 1.29 is 36.9 Å². The van der Waals surface area contributed by atoms with Crippen LogP contribution in [-0.2, 0) is 13.1 Å². The van der Waals surface area contributed by atoms with Crippen LogP contribution in [0.3, 0.4) is 0 Å². The van der Waals surface area contributed by atoms with Crippen LogP contribution in [0.2, 0.25) is 0 Å². The first-order valence-corrected chi connectivity index (χ1v) is 9.00. The highest BCUT2D eigenvalue weighted by Crippen LogP contribution is 2.38. The zero-order chi connectivity index (χ0) is 22.1. The lowest BCUT2D eigenvalue weighted by atomic mass is 10.1. The molecule has 10 heteroatoms. The maximum absolute atomic E-state index is 12.5. The molecule has 0 bridgehead atoms. The zero-order valence-corrected chi connectivity index (χ0v) is 16.8. The van der Waals surface area contributed by atoms with E-state index >= 15 is 0 Å². The Morgan fingerprint density at radius 1 is 0.967 bits per heavy atom. The van der Waals surface area contributed by atoms with Crippen LogP contribution >= 0.6 is 0 Å². The van der Waals surface area contributed by atoms with E-state index in [1.165, 1.54) is 32.4 Å². The maximum atomic E-state index is 12.5. The molecule has 0 saturated carbocycles. The molecule has 7 nitrogen and oxygen atoms in total. The molecule has 0 radical (unpaired) electrons. The molecule has 0 fully saturated rings. The zero-order valence-electron chi connectivity index (χ0n) is 16.8. The second kappa shape index (κ2) is 10.5. The van der Waals surface area contributed by atoms with Crippen molar-refractivity contribution in [1.29, 1.82) is 0 Å². The second-order valence-electron chi connectivity index (χ2n) is 5.95. The highest BCUT2D eigenvalue weighted by Gasteiger charge is 2.32. The first kappa shape index (κ1) is 23.0. The van der Waals surface area contributed by atoms with Crippen LogP contribution in [0.5, 0.6) is 23.0 Å². The second-order valence-corrected chi connectivity index (χ2v) is 5.95. The Labute approximate surface area is 172 Å². The van der Waals surface area contributed by atoms with Gasteiger partial charge in [-0.2, -0.15) is 0 Å². The molecule has 2 N–H and O–H groups in total. The standard InChI is InChI=1S/C20H23F3N2O5/c1-4-29-18-16(27-2)9-13(10-17(18)28-3)11-24-19(26)25-12-14-7-5-6-8-15(14)30-20(21,22)23/h5-10H,4,11-12H2,1-3H3,(H2,24,25,26). The Balaban J connectivity index is 1.99. The molecule has 30 heavy (non-hydrogen) atoms. The van der Waals surface area contributed by atoms with Crippen molar-refractivity contribution >= 4 is 6.03 Å². The number of ether oxygens (including phenoxy) is 4. The molecule has 2 aromatic rings. The molecule has 0 unspecified atom stereocenters. The van der Waals surface area contributed by atoms with Crippen molar-refractivity contribution in [3.05, 3.63) is 47.5 Å². The molecule has 0 saturated heterocycles. The maximum Gasteiger partial charge on any atom is 0.573 e. The van der Waals surface area contributed by atoms with Crippen molar-refractivity contribution in [2.75, 3.05) is 20.8 Å². The molecule has 0 aliphatic heterocycles. The molecule has 164 valence electrons. The molecule has 0 aliphatic rings. The van der Waals surface area contributed by atoms with E-state index in [1.807, 2.05) is 6.92 Å². The molecule has 0 aromatic heterocycles. The molecule has 2 amide bonds. The van der Waals surface area contributed by atoms with E-state index in [0.29, 0.717) is 29.4 Å². The summed E-state index contributed by atoms with van der Waals surface area (Å²) in [4.78, 5) is 12.1. The lowest BCUT2D eigenvalue weighted by Crippen LogP contribution is -2.34. The summed E-state index contributed by atoms with van der Waals surface area (Å²) in [5.41, 5.74) is 0.873. The molecule has 0 spiro atoms. The van der Waals surface area contributed by atoms with Gasteiger partial charge in [0.05, 0.1) is 20.8 Å². The molecule has 2 rings (SSSR count). The number of amides is 2. The first-order chi connectivity index (χ1) is 14.3. The van der Waals surface area contributed by atoms with Gasteiger partial charge in [-0.25, -0.2) is 4.79 Å². The van der Waals surface area contributed by atoms with Gasteiger partial charge in [0.15, 0.2) is 11.5 Å². The number of benzene rings is 2. The highest BCUT2D eigenvalue weighted by molar-refractivity contribution is 5.74. The van der Waals surface area contributed by atoms with Crippen LogP contribution in [0.25, 0.3) is 0 Å². The minimum Gasteiger partial charge on any atom is -0.493 e. The third kappa shape index (κ3) is 6.64. The fraction of sp³-hybridized carbons (Fsp3) is 0.350. The van der Waals surface area contributed by atoms with Crippen LogP contribution in [0.1, 0.15) is 18.1 Å². The summed E-state index contributed by atoms with van der Waals surface area (Å²) in [6, 6.07) is 8.41. The van der Waals surface area contributed by atoms with Gasteiger partial charge in [0.25, 0.3) is 0 Å². The van der Waals surface area contributed by atoms with Crippen LogP contribution in [0.4, 0.5) is 18.0 Å². The van der Waals surface area contributed by atoms with Crippen LogP contribution in [0.15, 0.2) is 36.4 Å².